The molecule has 0 radical (unpaired) electrons. The van der Waals surface area contributed by atoms with Crippen molar-refractivity contribution in [1.82, 2.24) is 9.62 Å². The van der Waals surface area contributed by atoms with Crippen LogP contribution in [-0.2, 0) is 19.5 Å². The third-order valence-corrected chi connectivity index (χ3v) is 7.27. The van der Waals surface area contributed by atoms with E-state index in [0.717, 1.165) is 39.3 Å². The van der Waals surface area contributed by atoms with E-state index in [0.29, 0.717) is 44.0 Å². The van der Waals surface area contributed by atoms with E-state index in [9.17, 15) is 13.2 Å². The van der Waals surface area contributed by atoms with E-state index in [2.05, 4.69) is 5.32 Å². The number of ether oxygens (including phenoxy) is 2. The molecule has 0 spiro atoms. The Hall–Kier alpha value is -1.52. The maximum atomic E-state index is 12.9. The molecule has 0 unspecified atom stereocenters. The first-order chi connectivity index (χ1) is 13.5. The highest BCUT2D eigenvalue weighted by atomic mass is 32.2. The highest BCUT2D eigenvalue weighted by Gasteiger charge is 2.28. The molecule has 0 aliphatic carbocycles. The van der Waals surface area contributed by atoms with Gasteiger partial charge in [-0.15, -0.1) is 0 Å². The summed E-state index contributed by atoms with van der Waals surface area (Å²) in [5.74, 6) is -0.240. The van der Waals surface area contributed by atoms with Gasteiger partial charge in [-0.05, 0) is 24.6 Å². The van der Waals surface area contributed by atoms with E-state index in [4.69, 9.17) is 9.47 Å². The number of morpholine rings is 2. The van der Waals surface area contributed by atoms with Crippen LogP contribution in [-0.4, -0.2) is 84.3 Å². The maximum Gasteiger partial charge on any atom is 0.251 e. The zero-order valence-corrected chi connectivity index (χ0v) is 17.2. The van der Waals surface area contributed by atoms with Crippen molar-refractivity contribution in [2.24, 2.45) is 0 Å². The van der Waals surface area contributed by atoms with Gasteiger partial charge in [0.05, 0.1) is 37.9 Å². The lowest BCUT2D eigenvalue weighted by atomic mass is 10.1. The highest BCUT2D eigenvalue weighted by molar-refractivity contribution is 7.89. The molecule has 1 aromatic rings. The first kappa shape index (κ1) is 21.2. The number of hydrogen-bond donors (Lipinski definition) is 2. The monoisotopic (exact) mass is 412 g/mol. The summed E-state index contributed by atoms with van der Waals surface area (Å²) in [5, 5.41) is 2.90. The zero-order valence-electron chi connectivity index (χ0n) is 16.4. The molecule has 28 heavy (non-hydrogen) atoms. The van der Waals surface area contributed by atoms with Crippen molar-refractivity contribution in [1.29, 1.82) is 0 Å². The molecule has 1 amide bonds. The number of sulfonamides is 1. The average molecular weight is 413 g/mol. The van der Waals surface area contributed by atoms with Gasteiger partial charge in [0.25, 0.3) is 5.91 Å². The lowest BCUT2D eigenvalue weighted by molar-refractivity contribution is -0.908. The first-order valence-electron chi connectivity index (χ1n) is 9.86. The summed E-state index contributed by atoms with van der Waals surface area (Å²) < 4.78 is 37.9. The van der Waals surface area contributed by atoms with E-state index in [-0.39, 0.29) is 10.8 Å². The SMILES string of the molecule is Cc1ccc(C(=O)NCCC[NH+]2CCOCC2)cc1S(=O)(=O)N1CCOCC1. The first-order valence-corrected chi connectivity index (χ1v) is 11.3. The number of benzene rings is 1. The van der Waals surface area contributed by atoms with E-state index < -0.39 is 10.0 Å². The van der Waals surface area contributed by atoms with Gasteiger partial charge in [0.2, 0.25) is 10.0 Å². The van der Waals surface area contributed by atoms with Crippen molar-refractivity contribution >= 4 is 15.9 Å². The van der Waals surface area contributed by atoms with Crippen LogP contribution in [0.4, 0.5) is 0 Å². The van der Waals surface area contributed by atoms with Gasteiger partial charge in [0, 0.05) is 31.6 Å². The Balaban J connectivity index is 1.59. The molecule has 9 heteroatoms. The molecule has 2 aliphatic heterocycles. The molecule has 156 valence electrons. The number of aryl methyl sites for hydroxylation is 1. The molecule has 0 aromatic heterocycles. The van der Waals surface area contributed by atoms with Crippen LogP contribution in [0.15, 0.2) is 23.1 Å². The van der Waals surface area contributed by atoms with Gasteiger partial charge in [-0.2, -0.15) is 4.31 Å². The Labute approximate surface area is 166 Å². The van der Waals surface area contributed by atoms with Gasteiger partial charge in [-0.25, -0.2) is 8.42 Å². The van der Waals surface area contributed by atoms with Gasteiger partial charge in [-0.3, -0.25) is 4.79 Å². The molecule has 0 saturated carbocycles. The quantitative estimate of drug-likeness (QED) is 0.564. The summed E-state index contributed by atoms with van der Waals surface area (Å²) in [6.45, 7) is 8.38. The van der Waals surface area contributed by atoms with Crippen LogP contribution in [0.25, 0.3) is 0 Å². The average Bonchev–Trinajstić information content (AvgIpc) is 2.72. The fraction of sp³-hybridized carbons (Fsp3) is 0.632. The maximum absolute atomic E-state index is 12.9. The van der Waals surface area contributed by atoms with Crippen molar-refractivity contribution in [3.8, 4) is 0 Å². The number of hydrogen-bond acceptors (Lipinski definition) is 5. The van der Waals surface area contributed by atoms with Crippen LogP contribution >= 0.6 is 0 Å². The van der Waals surface area contributed by atoms with Crippen LogP contribution < -0.4 is 10.2 Å². The number of carbonyl (C=O) groups excluding carboxylic acids is 1. The second-order valence-corrected chi connectivity index (χ2v) is 9.12. The lowest BCUT2D eigenvalue weighted by Gasteiger charge is -2.26. The molecule has 2 aliphatic rings. The Morgan fingerprint density at radius 2 is 1.82 bits per heavy atom. The molecule has 2 fully saturated rings. The minimum Gasteiger partial charge on any atom is -0.379 e. The topological polar surface area (TPSA) is 89.4 Å². The lowest BCUT2D eigenvalue weighted by Crippen LogP contribution is -3.14. The fourth-order valence-electron chi connectivity index (χ4n) is 3.50. The molecule has 2 N–H and O–H groups in total. The molecule has 8 nitrogen and oxygen atoms in total. The summed E-state index contributed by atoms with van der Waals surface area (Å²) in [6, 6.07) is 4.86. The number of quaternary nitrogens is 1. The minimum absolute atomic E-state index is 0.194. The summed E-state index contributed by atoms with van der Waals surface area (Å²) in [7, 11) is -3.63. The standard InChI is InChI=1S/C19H29N3O5S/c1-16-3-4-17(15-18(16)28(24,25)22-9-13-27-14-10-22)19(23)20-5-2-6-21-7-11-26-12-8-21/h3-4,15H,2,5-14H2,1H3,(H,20,23)/p+1. The Kier molecular flexibility index (Phi) is 7.42. The second kappa shape index (κ2) is 9.80. The molecule has 3 rings (SSSR count). The molecular weight excluding hydrogens is 382 g/mol. The minimum atomic E-state index is -3.63. The van der Waals surface area contributed by atoms with Crippen LogP contribution in [0.2, 0.25) is 0 Å². The smallest absolute Gasteiger partial charge is 0.251 e. The van der Waals surface area contributed by atoms with Crippen molar-refractivity contribution in [3.05, 3.63) is 29.3 Å². The van der Waals surface area contributed by atoms with Crippen molar-refractivity contribution in [2.45, 2.75) is 18.2 Å². The van der Waals surface area contributed by atoms with Crippen molar-refractivity contribution in [3.63, 3.8) is 0 Å². The Morgan fingerprint density at radius 1 is 1.14 bits per heavy atom. The Bertz CT molecular complexity index is 772. The Morgan fingerprint density at radius 3 is 2.54 bits per heavy atom. The fourth-order valence-corrected chi connectivity index (χ4v) is 5.16. The molecule has 1 aromatic carbocycles. The van der Waals surface area contributed by atoms with E-state index in [1.165, 1.54) is 15.3 Å². The van der Waals surface area contributed by atoms with E-state index >= 15 is 0 Å². The predicted molar refractivity (Wildman–Crippen MR) is 104 cm³/mol. The van der Waals surface area contributed by atoms with Crippen LogP contribution in [0.3, 0.4) is 0 Å². The summed E-state index contributed by atoms with van der Waals surface area (Å²) in [6.07, 6.45) is 0.881. The number of amides is 1. The van der Waals surface area contributed by atoms with E-state index in [1.807, 2.05) is 0 Å². The summed E-state index contributed by atoms with van der Waals surface area (Å²) in [5.41, 5.74) is 1.01. The molecular formula is C19H30N3O5S+. The van der Waals surface area contributed by atoms with Gasteiger partial charge >= 0.3 is 0 Å². The number of nitrogens with zero attached hydrogens (tertiary/aromatic N) is 1. The third kappa shape index (κ3) is 5.30. The normalized spacial score (nSPS) is 19.5. The highest BCUT2D eigenvalue weighted by Crippen LogP contribution is 2.22. The van der Waals surface area contributed by atoms with Crippen LogP contribution in [0, 0.1) is 6.92 Å². The summed E-state index contributed by atoms with van der Waals surface area (Å²) in [4.78, 5) is 14.2. The van der Waals surface area contributed by atoms with Gasteiger partial charge in [0.15, 0.2) is 0 Å². The summed E-state index contributed by atoms with van der Waals surface area (Å²) >= 11 is 0. The molecule has 2 saturated heterocycles. The molecule has 2 heterocycles. The van der Waals surface area contributed by atoms with Crippen LogP contribution in [0.5, 0.6) is 0 Å². The third-order valence-electron chi connectivity index (χ3n) is 5.23. The van der Waals surface area contributed by atoms with Gasteiger partial charge in [0.1, 0.15) is 13.1 Å². The molecule has 0 atom stereocenters. The van der Waals surface area contributed by atoms with Crippen molar-refractivity contribution < 1.29 is 27.6 Å². The molecule has 0 bridgehead atoms. The van der Waals surface area contributed by atoms with E-state index in [1.54, 1.807) is 19.1 Å². The predicted octanol–water partition coefficient (Wildman–Crippen LogP) is -0.949. The van der Waals surface area contributed by atoms with Gasteiger partial charge in [-0.1, -0.05) is 6.07 Å². The second-order valence-electron chi connectivity index (χ2n) is 7.22. The largest absolute Gasteiger partial charge is 0.379 e. The number of carbonyl (C=O) groups is 1. The zero-order chi connectivity index (χ0) is 20.0. The van der Waals surface area contributed by atoms with Crippen LogP contribution in [0.1, 0.15) is 22.3 Å². The van der Waals surface area contributed by atoms with Gasteiger partial charge < -0.3 is 19.7 Å². The van der Waals surface area contributed by atoms with Crippen molar-refractivity contribution in [2.75, 3.05) is 65.7 Å². The number of nitrogens with one attached hydrogen (secondary N) is 2. The number of rotatable bonds is 7.